The Kier molecular flexibility index (Phi) is 5.18. The summed E-state index contributed by atoms with van der Waals surface area (Å²) >= 11 is 6.38. The van der Waals surface area contributed by atoms with Gasteiger partial charge in [0.1, 0.15) is 11.6 Å². The molecule has 0 radical (unpaired) electrons. The molecule has 0 fully saturated rings. The van der Waals surface area contributed by atoms with Crippen LogP contribution in [0.1, 0.15) is 28.6 Å². The molecular weight excluding hydrogens is 325 g/mol. The van der Waals surface area contributed by atoms with Crippen LogP contribution in [0.2, 0.25) is 5.02 Å². The Hall–Kier alpha value is -2.30. The summed E-state index contributed by atoms with van der Waals surface area (Å²) in [5.41, 5.74) is 2.47. The first-order valence-corrected chi connectivity index (χ1v) is 8.02. The maximum Gasteiger partial charge on any atom is 0.141 e. The molecule has 24 heavy (non-hydrogen) atoms. The zero-order chi connectivity index (χ0) is 16.9. The molecule has 122 valence electrons. The number of hydrogen-bond donors (Lipinski definition) is 1. The molecule has 0 amide bonds. The Morgan fingerprint density at radius 2 is 1.83 bits per heavy atom. The highest BCUT2D eigenvalue weighted by atomic mass is 35.5. The minimum atomic E-state index is -0.219. The predicted octanol–water partition coefficient (Wildman–Crippen LogP) is 4.46. The van der Waals surface area contributed by atoms with Crippen molar-refractivity contribution in [2.75, 3.05) is 0 Å². The number of nitrogens with one attached hydrogen (secondary N) is 1. The molecule has 0 saturated heterocycles. The van der Waals surface area contributed by atoms with Crippen LogP contribution in [0.5, 0.6) is 0 Å². The van der Waals surface area contributed by atoms with E-state index in [1.54, 1.807) is 31.5 Å². The summed E-state index contributed by atoms with van der Waals surface area (Å²) in [7, 11) is 0. The summed E-state index contributed by atoms with van der Waals surface area (Å²) in [6.07, 6.45) is 3.41. The number of hydrogen-bond acceptors (Lipinski definition) is 3. The zero-order valence-corrected chi connectivity index (χ0v) is 14.0. The summed E-state index contributed by atoms with van der Waals surface area (Å²) in [5, 5.41) is 4.08. The van der Waals surface area contributed by atoms with Crippen molar-refractivity contribution < 1.29 is 4.39 Å². The van der Waals surface area contributed by atoms with E-state index in [0.717, 1.165) is 11.1 Å². The van der Waals surface area contributed by atoms with E-state index in [1.807, 2.05) is 30.3 Å². The summed E-state index contributed by atoms with van der Waals surface area (Å²) in [5.74, 6) is 0.469. The van der Waals surface area contributed by atoms with E-state index in [9.17, 15) is 4.39 Å². The Morgan fingerprint density at radius 3 is 2.54 bits per heavy atom. The van der Waals surface area contributed by atoms with Gasteiger partial charge in [0.2, 0.25) is 0 Å². The first-order chi connectivity index (χ1) is 11.6. The van der Waals surface area contributed by atoms with Gasteiger partial charge in [0, 0.05) is 17.4 Å². The van der Waals surface area contributed by atoms with E-state index in [2.05, 4.69) is 15.3 Å². The molecule has 1 heterocycles. The highest BCUT2D eigenvalue weighted by Gasteiger charge is 2.17. The van der Waals surface area contributed by atoms with Gasteiger partial charge in [-0.15, -0.1) is 0 Å². The molecule has 0 bridgehead atoms. The molecule has 3 aromatic rings. The number of aryl methyl sites for hydroxylation is 1. The molecule has 0 aliphatic carbocycles. The van der Waals surface area contributed by atoms with Crippen LogP contribution in [0.15, 0.2) is 60.9 Å². The number of aromatic nitrogens is 2. The van der Waals surface area contributed by atoms with Gasteiger partial charge in [-0.2, -0.15) is 0 Å². The van der Waals surface area contributed by atoms with Crippen molar-refractivity contribution in [1.29, 1.82) is 0 Å². The number of nitrogens with zero attached hydrogens (tertiary/aromatic N) is 2. The van der Waals surface area contributed by atoms with E-state index >= 15 is 0 Å². The van der Waals surface area contributed by atoms with Crippen LogP contribution in [-0.4, -0.2) is 9.97 Å². The molecule has 3 nitrogen and oxygen atoms in total. The monoisotopic (exact) mass is 341 g/mol. The molecule has 1 N–H and O–H groups in total. The van der Waals surface area contributed by atoms with Gasteiger partial charge >= 0.3 is 0 Å². The van der Waals surface area contributed by atoms with Gasteiger partial charge in [-0.3, -0.25) is 5.32 Å². The minimum Gasteiger partial charge on any atom is -0.299 e. The fourth-order valence-corrected chi connectivity index (χ4v) is 2.82. The first-order valence-electron chi connectivity index (χ1n) is 7.65. The molecule has 0 spiro atoms. The van der Waals surface area contributed by atoms with Crippen LogP contribution in [0.4, 0.5) is 4.39 Å². The molecule has 0 aliphatic heterocycles. The Labute approximate surface area is 145 Å². The molecule has 3 rings (SSSR count). The number of halogens is 2. The average Bonchev–Trinajstić information content (AvgIpc) is 2.60. The lowest BCUT2D eigenvalue weighted by Crippen LogP contribution is -2.23. The van der Waals surface area contributed by atoms with Crippen molar-refractivity contribution >= 4 is 11.6 Å². The van der Waals surface area contributed by atoms with Gasteiger partial charge in [-0.1, -0.05) is 41.9 Å². The quantitative estimate of drug-likeness (QED) is 0.744. The highest BCUT2D eigenvalue weighted by molar-refractivity contribution is 6.31. The Bertz CT molecular complexity index is 824. The minimum absolute atomic E-state index is 0.179. The smallest absolute Gasteiger partial charge is 0.141 e. The lowest BCUT2D eigenvalue weighted by Gasteiger charge is -2.21. The first kappa shape index (κ1) is 16.6. The molecule has 5 heteroatoms. The molecule has 1 atom stereocenters. The lowest BCUT2D eigenvalue weighted by atomic mass is 9.97. The van der Waals surface area contributed by atoms with E-state index in [4.69, 9.17) is 11.6 Å². The van der Waals surface area contributed by atoms with Crippen molar-refractivity contribution in [2.24, 2.45) is 0 Å². The van der Waals surface area contributed by atoms with Crippen LogP contribution in [-0.2, 0) is 6.54 Å². The number of benzene rings is 2. The molecule has 0 aliphatic rings. The summed E-state index contributed by atoms with van der Waals surface area (Å²) in [6.45, 7) is 2.23. The van der Waals surface area contributed by atoms with E-state index in [0.29, 0.717) is 23.0 Å². The third-order valence-corrected chi connectivity index (χ3v) is 4.16. The second-order valence-corrected chi connectivity index (χ2v) is 5.92. The summed E-state index contributed by atoms with van der Waals surface area (Å²) < 4.78 is 13.6. The van der Waals surface area contributed by atoms with Crippen LogP contribution in [0.25, 0.3) is 0 Å². The van der Waals surface area contributed by atoms with Crippen molar-refractivity contribution in [3.8, 4) is 0 Å². The van der Waals surface area contributed by atoms with Crippen LogP contribution < -0.4 is 5.32 Å². The predicted molar refractivity (Wildman–Crippen MR) is 93.3 cm³/mol. The third kappa shape index (κ3) is 3.78. The second-order valence-electron chi connectivity index (χ2n) is 5.51. The fourth-order valence-electron chi connectivity index (χ4n) is 2.58. The maximum atomic E-state index is 13.6. The maximum absolute atomic E-state index is 13.6. The topological polar surface area (TPSA) is 37.8 Å². The van der Waals surface area contributed by atoms with Crippen molar-refractivity contribution in [2.45, 2.75) is 19.5 Å². The van der Waals surface area contributed by atoms with Gasteiger partial charge in [-0.05, 0) is 41.8 Å². The average molecular weight is 342 g/mol. The molecule has 1 aromatic heterocycles. The van der Waals surface area contributed by atoms with Gasteiger partial charge in [0.25, 0.3) is 0 Å². The van der Waals surface area contributed by atoms with Gasteiger partial charge in [0.05, 0.1) is 12.6 Å². The molecule has 2 aromatic carbocycles. The van der Waals surface area contributed by atoms with Crippen molar-refractivity contribution in [1.82, 2.24) is 15.3 Å². The van der Waals surface area contributed by atoms with E-state index < -0.39 is 0 Å². The fraction of sp³-hybridized carbons (Fsp3) is 0.158. The second kappa shape index (κ2) is 7.51. The number of rotatable bonds is 5. The largest absolute Gasteiger partial charge is 0.299 e. The summed E-state index contributed by atoms with van der Waals surface area (Å²) in [4.78, 5) is 8.45. The molecule has 0 saturated carbocycles. The SMILES string of the molecule is Cc1cc(C(NCc2ncccn2)c2ccccc2Cl)ccc1F. The van der Waals surface area contributed by atoms with Crippen molar-refractivity contribution in [3.63, 3.8) is 0 Å². The third-order valence-electron chi connectivity index (χ3n) is 3.82. The molecular formula is C19H17ClFN3. The summed E-state index contributed by atoms with van der Waals surface area (Å²) in [6, 6.07) is 14.3. The molecule has 1 unspecified atom stereocenters. The van der Waals surface area contributed by atoms with Crippen LogP contribution in [0, 0.1) is 12.7 Å². The van der Waals surface area contributed by atoms with Crippen LogP contribution >= 0.6 is 11.6 Å². The van der Waals surface area contributed by atoms with Gasteiger partial charge < -0.3 is 0 Å². The van der Waals surface area contributed by atoms with Crippen LogP contribution in [0.3, 0.4) is 0 Å². The normalized spacial score (nSPS) is 12.1. The highest BCUT2D eigenvalue weighted by Crippen LogP contribution is 2.29. The van der Waals surface area contributed by atoms with E-state index in [-0.39, 0.29) is 11.9 Å². The standard InChI is InChI=1S/C19H17ClFN3/c1-13-11-14(7-8-17(13)21)19(15-5-2-3-6-16(15)20)24-12-18-22-9-4-10-23-18/h2-11,19,24H,12H2,1H3. The van der Waals surface area contributed by atoms with Gasteiger partial charge in [0.15, 0.2) is 0 Å². The lowest BCUT2D eigenvalue weighted by molar-refractivity contribution is 0.580. The van der Waals surface area contributed by atoms with Gasteiger partial charge in [-0.25, -0.2) is 14.4 Å². The Morgan fingerprint density at radius 1 is 1.08 bits per heavy atom. The van der Waals surface area contributed by atoms with Crippen molar-refractivity contribution in [3.05, 3.63) is 94.3 Å². The Balaban J connectivity index is 1.94. The van der Waals surface area contributed by atoms with E-state index in [1.165, 1.54) is 6.07 Å². The zero-order valence-electron chi connectivity index (χ0n) is 13.2.